The van der Waals surface area contributed by atoms with Crippen LogP contribution in [0.3, 0.4) is 0 Å². The molecule has 10 aromatic rings. The van der Waals surface area contributed by atoms with Crippen LogP contribution in [0.25, 0.3) is 76.8 Å². The number of rotatable bonds is 4. The molecule has 0 amide bonds. The number of hydrogen-bond acceptors (Lipinski definition) is 2. The highest BCUT2D eigenvalue weighted by Gasteiger charge is 2.44. The van der Waals surface area contributed by atoms with E-state index in [0.29, 0.717) is 11.8 Å². The van der Waals surface area contributed by atoms with Gasteiger partial charge >= 0.3 is 0 Å². The van der Waals surface area contributed by atoms with Crippen molar-refractivity contribution in [1.29, 1.82) is 0 Å². The van der Waals surface area contributed by atoms with Crippen LogP contribution >= 0.6 is 0 Å². The third-order valence-corrected chi connectivity index (χ3v) is 16.0. The average molecular weight is 847 g/mol. The molecule has 314 valence electrons. The van der Waals surface area contributed by atoms with Crippen molar-refractivity contribution in [1.82, 2.24) is 0 Å². The quantitative estimate of drug-likeness (QED) is 0.130. The summed E-state index contributed by atoms with van der Waals surface area (Å²) in [7, 11) is 0. The van der Waals surface area contributed by atoms with Gasteiger partial charge < -0.3 is 9.47 Å². The van der Waals surface area contributed by atoms with Gasteiger partial charge in [-0.25, -0.2) is 0 Å². The molecule has 0 aliphatic carbocycles. The number of hydrogen-bond donors (Lipinski definition) is 0. The van der Waals surface area contributed by atoms with Crippen LogP contribution in [0.1, 0.15) is 72.9 Å². The second-order valence-corrected chi connectivity index (χ2v) is 20.4. The lowest BCUT2D eigenvalue weighted by Crippen LogP contribution is -2.58. The largest absolute Gasteiger partial charge is 0.458 e. The predicted molar refractivity (Wildman–Crippen MR) is 281 cm³/mol. The molecule has 0 spiro atoms. The van der Waals surface area contributed by atoms with E-state index in [1.54, 1.807) is 0 Å². The zero-order chi connectivity index (χ0) is 44.6. The fraction of sp³-hybridized carbons (Fsp3) is 0.161. The Morgan fingerprint density at radius 3 is 1.14 bits per heavy atom. The molecule has 4 aliphatic rings. The van der Waals surface area contributed by atoms with Crippen molar-refractivity contribution >= 4 is 78.5 Å². The van der Waals surface area contributed by atoms with Gasteiger partial charge in [-0.3, -0.25) is 0 Å². The zero-order valence-corrected chi connectivity index (χ0v) is 38.8. The summed E-state index contributed by atoms with van der Waals surface area (Å²) in [6.07, 6.45) is 0. The van der Waals surface area contributed by atoms with Crippen molar-refractivity contribution in [2.45, 2.75) is 67.2 Å². The van der Waals surface area contributed by atoms with Gasteiger partial charge in [0.25, 0.3) is 13.4 Å². The molecule has 0 radical (unpaired) electrons. The van der Waals surface area contributed by atoms with Crippen LogP contribution in [0.4, 0.5) is 0 Å². The summed E-state index contributed by atoms with van der Waals surface area (Å²) in [5.74, 6) is 4.53. The summed E-state index contributed by atoms with van der Waals surface area (Å²) < 4.78 is 14.0. The maximum atomic E-state index is 7.00. The summed E-state index contributed by atoms with van der Waals surface area (Å²) in [5, 5.41) is 8.14. The van der Waals surface area contributed by atoms with E-state index in [1.807, 2.05) is 0 Å². The van der Waals surface area contributed by atoms with Crippen molar-refractivity contribution in [2.24, 2.45) is 0 Å². The van der Waals surface area contributed by atoms with E-state index >= 15 is 0 Å². The molecule has 4 heterocycles. The van der Waals surface area contributed by atoms with Crippen LogP contribution in [0.15, 0.2) is 133 Å². The van der Waals surface area contributed by atoms with Gasteiger partial charge in [0, 0.05) is 0 Å². The molecular weight excluding hydrogens is 798 g/mol. The summed E-state index contributed by atoms with van der Waals surface area (Å²) in [6.45, 7) is 18.4. The van der Waals surface area contributed by atoms with E-state index in [-0.39, 0.29) is 13.4 Å². The number of benzene rings is 10. The van der Waals surface area contributed by atoms with Crippen molar-refractivity contribution in [3.05, 3.63) is 167 Å². The van der Waals surface area contributed by atoms with Crippen molar-refractivity contribution in [3.63, 3.8) is 0 Å². The first-order chi connectivity index (χ1) is 32.0. The Bertz CT molecular complexity index is 3540. The van der Waals surface area contributed by atoms with Crippen molar-refractivity contribution in [3.8, 4) is 67.5 Å². The van der Waals surface area contributed by atoms with Crippen LogP contribution < -0.4 is 42.3 Å². The summed E-state index contributed by atoms with van der Waals surface area (Å²) >= 11 is 0. The Balaban J connectivity index is 1.27. The Morgan fingerprint density at radius 2 is 0.742 bits per heavy atom. The van der Waals surface area contributed by atoms with Crippen LogP contribution in [-0.2, 0) is 0 Å². The van der Waals surface area contributed by atoms with Crippen LogP contribution in [0, 0.1) is 27.7 Å². The highest BCUT2D eigenvalue weighted by atomic mass is 16.5. The van der Waals surface area contributed by atoms with E-state index in [1.165, 1.54) is 143 Å². The topological polar surface area (TPSA) is 18.5 Å². The molecule has 0 fully saturated rings. The maximum absolute atomic E-state index is 7.00. The minimum Gasteiger partial charge on any atom is -0.458 e. The Morgan fingerprint density at radius 1 is 0.348 bits per heavy atom. The molecule has 14 rings (SSSR count). The molecule has 0 atom stereocenters. The third-order valence-electron chi connectivity index (χ3n) is 16.0. The van der Waals surface area contributed by atoms with Gasteiger partial charge in [-0.05, 0) is 208 Å². The first kappa shape index (κ1) is 38.3. The smallest absolute Gasteiger partial charge is 0.252 e. The highest BCUT2D eigenvalue weighted by molar-refractivity contribution is 7.01. The molecule has 66 heavy (non-hydrogen) atoms. The normalized spacial score (nSPS) is 13.6. The van der Waals surface area contributed by atoms with Gasteiger partial charge in [-0.15, -0.1) is 0 Å². The molecule has 4 aliphatic heterocycles. The Hall–Kier alpha value is -7.03. The third kappa shape index (κ3) is 4.89. The van der Waals surface area contributed by atoms with Crippen LogP contribution in [0.5, 0.6) is 23.0 Å². The molecule has 0 unspecified atom stereocenters. The van der Waals surface area contributed by atoms with E-state index in [4.69, 9.17) is 9.47 Å². The number of para-hydroxylation sites is 2. The van der Waals surface area contributed by atoms with Crippen LogP contribution in [0.2, 0.25) is 0 Å². The predicted octanol–water partition coefficient (Wildman–Crippen LogP) is 12.6. The average Bonchev–Trinajstić information content (AvgIpc) is 3.31. The van der Waals surface area contributed by atoms with E-state index in [0.717, 1.165) is 23.0 Å². The molecule has 0 aromatic heterocycles. The van der Waals surface area contributed by atoms with E-state index in [9.17, 15) is 0 Å². The minimum atomic E-state index is 0.00319. The lowest BCUT2D eigenvalue weighted by atomic mass is 9.31. The summed E-state index contributed by atoms with van der Waals surface area (Å²) in [4.78, 5) is 0. The maximum Gasteiger partial charge on any atom is 0.252 e. The number of aryl methyl sites for hydroxylation is 4. The first-order valence-electron chi connectivity index (χ1n) is 23.9. The molecule has 0 N–H and O–H groups in total. The number of fused-ring (bicyclic) bond motifs is 8. The van der Waals surface area contributed by atoms with Gasteiger partial charge in [0.15, 0.2) is 0 Å². The van der Waals surface area contributed by atoms with Crippen LogP contribution in [-0.4, -0.2) is 13.4 Å². The lowest BCUT2D eigenvalue weighted by Gasteiger charge is -2.38. The van der Waals surface area contributed by atoms with Gasteiger partial charge in [-0.1, -0.05) is 136 Å². The zero-order valence-electron chi connectivity index (χ0n) is 38.8. The summed E-state index contributed by atoms with van der Waals surface area (Å²) in [5.41, 5.74) is 26.0. The molecule has 0 saturated carbocycles. The molecule has 0 saturated heterocycles. The molecule has 4 heteroatoms. The highest BCUT2D eigenvalue weighted by Crippen LogP contribution is 2.52. The Kier molecular flexibility index (Phi) is 7.71. The fourth-order valence-electron chi connectivity index (χ4n) is 13.0. The molecule has 0 bridgehead atoms. The Labute approximate surface area is 387 Å². The van der Waals surface area contributed by atoms with Gasteiger partial charge in [0.05, 0.1) is 0 Å². The van der Waals surface area contributed by atoms with E-state index in [2.05, 4.69) is 189 Å². The van der Waals surface area contributed by atoms with Gasteiger partial charge in [0.1, 0.15) is 23.0 Å². The molecular formula is C62H48B2O2. The monoisotopic (exact) mass is 846 g/mol. The number of ether oxygens (including phenoxy) is 2. The van der Waals surface area contributed by atoms with E-state index < -0.39 is 0 Å². The molecule has 2 nitrogen and oxygen atoms in total. The second-order valence-electron chi connectivity index (χ2n) is 20.4. The minimum absolute atomic E-state index is 0.00319. The van der Waals surface area contributed by atoms with Gasteiger partial charge in [-0.2, -0.15) is 0 Å². The summed E-state index contributed by atoms with van der Waals surface area (Å²) in [6, 6.07) is 51.3. The van der Waals surface area contributed by atoms with Crippen molar-refractivity contribution < 1.29 is 9.47 Å². The van der Waals surface area contributed by atoms with Gasteiger partial charge in [0.2, 0.25) is 0 Å². The standard InChI is InChI=1S/C62H48B2O2/c1-31(2)37-23-45-41-27-39(55-33(5)15-13-16-34(55)6)43-30-50-58-42(46-24-38(32(3)4)26-54-62(46)64(50)48-20-10-12-22-52(48)66-54)28-40(56-35(7)17-14-18-36(56)8)44-29-49(57(41)59(43)60(44)58)63-47-19-9-11-21-51(47)65-53(25-37)61(45)63/h9-32H,1-8H3. The van der Waals surface area contributed by atoms with Crippen molar-refractivity contribution in [2.75, 3.05) is 0 Å². The fourth-order valence-corrected chi connectivity index (χ4v) is 13.0. The first-order valence-corrected chi connectivity index (χ1v) is 23.9. The molecule has 10 aromatic carbocycles. The lowest BCUT2D eigenvalue weighted by molar-refractivity contribution is 0.486. The second kappa shape index (κ2) is 13.3. The SMILES string of the molecule is Cc1cccc(C)c1-c1cc2c3c(cc4c(-c5c(C)cccc5C)cc5c6c(cc1c3c46)B1c3ccccc3Oc3cc(C(C)C)cc-5c31)B1c3ccccc3Oc3cc(C(C)C)cc-2c31.